The largest absolute Gasteiger partial charge is 0.343 e. The van der Waals surface area contributed by atoms with Crippen LogP contribution in [0.25, 0.3) is 0 Å². The molecule has 2 fully saturated rings. The quantitative estimate of drug-likeness (QED) is 0.438. The van der Waals surface area contributed by atoms with Gasteiger partial charge in [-0.1, -0.05) is 0 Å². The number of hydrogen-bond donors (Lipinski definition) is 3. The molecule has 29 heavy (non-hydrogen) atoms. The van der Waals surface area contributed by atoms with Crippen LogP contribution in [0.4, 0.5) is 0 Å². The van der Waals surface area contributed by atoms with E-state index in [0.29, 0.717) is 32.4 Å². The zero-order valence-electron chi connectivity index (χ0n) is 17.2. The van der Waals surface area contributed by atoms with Crippen LogP contribution >= 0.6 is 0 Å². The van der Waals surface area contributed by atoms with Crippen LogP contribution in [0.15, 0.2) is 0 Å². The molecule has 162 valence electrons. The van der Waals surface area contributed by atoms with Crippen LogP contribution in [0.2, 0.25) is 0 Å². The lowest BCUT2D eigenvalue weighted by Crippen LogP contribution is -2.56. The topological polar surface area (TPSA) is 142 Å². The Balaban J connectivity index is 1.96. The Morgan fingerprint density at radius 1 is 0.931 bits per heavy atom. The predicted molar refractivity (Wildman–Crippen MR) is 104 cm³/mol. The first-order valence-electron chi connectivity index (χ1n) is 10.1. The van der Waals surface area contributed by atoms with Crippen molar-refractivity contribution in [1.82, 2.24) is 20.4 Å². The number of nitrogens with zero attached hydrogens (tertiary/aromatic N) is 2. The summed E-state index contributed by atoms with van der Waals surface area (Å²) in [5.74, 6) is -1.53. The second-order valence-electron chi connectivity index (χ2n) is 7.82. The molecule has 0 aromatic carbocycles. The van der Waals surface area contributed by atoms with E-state index in [0.717, 1.165) is 12.7 Å². The zero-order valence-corrected chi connectivity index (χ0v) is 17.2. The van der Waals surface area contributed by atoms with E-state index in [1.54, 1.807) is 13.8 Å². The van der Waals surface area contributed by atoms with Crippen molar-refractivity contribution >= 4 is 29.9 Å². The molecular formula is C19H31N5O5. The van der Waals surface area contributed by atoms with Gasteiger partial charge in [0.25, 0.3) is 0 Å². The van der Waals surface area contributed by atoms with Gasteiger partial charge in [-0.3, -0.25) is 19.2 Å². The van der Waals surface area contributed by atoms with Crippen LogP contribution in [-0.4, -0.2) is 83.0 Å². The molecule has 0 saturated carbocycles. The lowest BCUT2D eigenvalue weighted by atomic mass is 10.1. The van der Waals surface area contributed by atoms with Gasteiger partial charge in [0.15, 0.2) is 0 Å². The molecule has 4 N–H and O–H groups in total. The van der Waals surface area contributed by atoms with E-state index in [1.165, 1.54) is 16.7 Å². The zero-order chi connectivity index (χ0) is 21.7. The third kappa shape index (κ3) is 5.31. The summed E-state index contributed by atoms with van der Waals surface area (Å²) in [5.41, 5.74) is 5.51. The third-order valence-corrected chi connectivity index (χ3v) is 5.45. The monoisotopic (exact) mass is 409 g/mol. The molecule has 0 aromatic heterocycles. The molecule has 2 aliphatic heterocycles. The number of likely N-dealkylation sites (tertiary alicyclic amines) is 2. The number of hydrogen-bond acceptors (Lipinski definition) is 6. The van der Waals surface area contributed by atoms with Gasteiger partial charge in [0.1, 0.15) is 24.4 Å². The number of nitrogens with two attached hydrogens (primary N) is 1. The number of amides is 4. The fourth-order valence-electron chi connectivity index (χ4n) is 3.79. The molecule has 2 rings (SSSR count). The molecule has 2 saturated heterocycles. The number of nitrogens with one attached hydrogen (secondary N) is 2. The van der Waals surface area contributed by atoms with Crippen LogP contribution in [0.1, 0.15) is 46.5 Å². The second kappa shape index (κ2) is 9.82. The van der Waals surface area contributed by atoms with Gasteiger partial charge in [0.05, 0.1) is 12.1 Å². The molecule has 0 aliphatic carbocycles. The van der Waals surface area contributed by atoms with Gasteiger partial charge in [0, 0.05) is 13.1 Å². The average molecular weight is 409 g/mol. The molecule has 10 nitrogen and oxygen atoms in total. The van der Waals surface area contributed by atoms with Gasteiger partial charge >= 0.3 is 0 Å². The Hall–Kier alpha value is -2.49. The summed E-state index contributed by atoms with van der Waals surface area (Å²) >= 11 is 0. The summed E-state index contributed by atoms with van der Waals surface area (Å²) in [6, 6.07) is -3.49. The first kappa shape index (κ1) is 22.8. The van der Waals surface area contributed by atoms with E-state index in [1.807, 2.05) is 0 Å². The molecule has 10 heteroatoms. The fourth-order valence-corrected chi connectivity index (χ4v) is 3.79. The van der Waals surface area contributed by atoms with Crippen molar-refractivity contribution in [3.8, 4) is 0 Å². The van der Waals surface area contributed by atoms with Gasteiger partial charge in [-0.15, -0.1) is 0 Å². The lowest BCUT2D eigenvalue weighted by molar-refractivity contribution is -0.143. The summed E-state index contributed by atoms with van der Waals surface area (Å²) in [6.07, 6.45) is 3.28. The van der Waals surface area contributed by atoms with Crippen LogP contribution in [0.5, 0.6) is 0 Å². The minimum atomic E-state index is -0.807. The maximum atomic E-state index is 12.7. The smallest absolute Gasteiger partial charge is 0.245 e. The van der Waals surface area contributed by atoms with E-state index >= 15 is 0 Å². The molecule has 0 radical (unpaired) electrons. The molecule has 0 spiro atoms. The second-order valence-corrected chi connectivity index (χ2v) is 7.82. The van der Waals surface area contributed by atoms with E-state index in [2.05, 4.69) is 10.6 Å². The van der Waals surface area contributed by atoms with Crippen LogP contribution in [-0.2, 0) is 24.0 Å². The van der Waals surface area contributed by atoms with E-state index in [9.17, 15) is 24.0 Å². The standard InChI is InChI=1S/C19H31N5O5/c1-11(20)16(26)21-13(3)19(29)24-9-5-7-15(24)17(27)22-12(2)18(28)23-8-4-6-14(23)10-25/h10-15H,4-9,20H2,1-3H3,(H,21,26)(H,22,27)/t11-,12-,13-,14-,15-/m0/s1. The Labute approximate surface area is 170 Å². The van der Waals surface area contributed by atoms with Crippen molar-refractivity contribution in [2.45, 2.75) is 76.7 Å². The summed E-state index contributed by atoms with van der Waals surface area (Å²) < 4.78 is 0. The van der Waals surface area contributed by atoms with Crippen molar-refractivity contribution in [2.75, 3.05) is 13.1 Å². The maximum absolute atomic E-state index is 12.7. The first-order chi connectivity index (χ1) is 13.7. The molecule has 0 unspecified atom stereocenters. The Morgan fingerprint density at radius 2 is 1.48 bits per heavy atom. The minimum Gasteiger partial charge on any atom is -0.343 e. The maximum Gasteiger partial charge on any atom is 0.245 e. The SMILES string of the molecule is C[C@H](N)C(=O)N[C@@H](C)C(=O)N1CCC[C@H]1C(=O)N[C@@H](C)C(=O)N1CCC[C@H]1C=O. The van der Waals surface area contributed by atoms with Crippen molar-refractivity contribution in [3.63, 3.8) is 0 Å². The van der Waals surface area contributed by atoms with Gasteiger partial charge in [-0.25, -0.2) is 0 Å². The van der Waals surface area contributed by atoms with Crippen molar-refractivity contribution in [3.05, 3.63) is 0 Å². The van der Waals surface area contributed by atoms with E-state index in [4.69, 9.17) is 5.73 Å². The Bertz CT molecular complexity index is 667. The summed E-state index contributed by atoms with van der Waals surface area (Å²) in [6.45, 7) is 5.54. The van der Waals surface area contributed by atoms with Crippen molar-refractivity contribution in [2.24, 2.45) is 5.73 Å². The average Bonchev–Trinajstić information content (AvgIpc) is 3.35. The highest BCUT2D eigenvalue weighted by atomic mass is 16.2. The predicted octanol–water partition coefficient (Wildman–Crippen LogP) is -1.48. The first-order valence-corrected chi connectivity index (χ1v) is 10.1. The summed E-state index contributed by atoms with van der Waals surface area (Å²) in [7, 11) is 0. The van der Waals surface area contributed by atoms with Gasteiger partial charge in [-0.2, -0.15) is 0 Å². The fraction of sp³-hybridized carbons (Fsp3) is 0.737. The van der Waals surface area contributed by atoms with Gasteiger partial charge < -0.3 is 31.0 Å². The van der Waals surface area contributed by atoms with Crippen LogP contribution in [0, 0.1) is 0 Å². The minimum absolute atomic E-state index is 0.304. The Morgan fingerprint density at radius 3 is 2.10 bits per heavy atom. The van der Waals surface area contributed by atoms with E-state index in [-0.39, 0.29) is 11.8 Å². The molecule has 2 aliphatic rings. The highest BCUT2D eigenvalue weighted by Gasteiger charge is 2.38. The highest BCUT2D eigenvalue weighted by molar-refractivity contribution is 5.95. The molecule has 2 heterocycles. The van der Waals surface area contributed by atoms with E-state index < -0.39 is 42.0 Å². The normalized spacial score (nSPS) is 24.6. The molecule has 0 bridgehead atoms. The number of carbonyl (C=O) groups is 5. The number of aldehydes is 1. The molecule has 5 atom stereocenters. The Kier molecular flexibility index (Phi) is 7.72. The van der Waals surface area contributed by atoms with Gasteiger partial charge in [-0.05, 0) is 46.5 Å². The van der Waals surface area contributed by atoms with Crippen molar-refractivity contribution < 1.29 is 24.0 Å². The summed E-state index contributed by atoms with van der Waals surface area (Å²) in [5, 5.41) is 5.22. The van der Waals surface area contributed by atoms with Gasteiger partial charge in [0.2, 0.25) is 23.6 Å². The molecular weight excluding hydrogens is 378 g/mol. The molecule has 4 amide bonds. The highest BCUT2D eigenvalue weighted by Crippen LogP contribution is 2.20. The van der Waals surface area contributed by atoms with Crippen molar-refractivity contribution in [1.29, 1.82) is 0 Å². The van der Waals surface area contributed by atoms with Crippen LogP contribution in [0.3, 0.4) is 0 Å². The number of carbonyl (C=O) groups excluding carboxylic acids is 5. The number of rotatable bonds is 7. The molecule has 0 aromatic rings. The van der Waals surface area contributed by atoms with Crippen LogP contribution < -0.4 is 16.4 Å². The summed E-state index contributed by atoms with van der Waals surface area (Å²) in [4.78, 5) is 63.8. The lowest BCUT2D eigenvalue weighted by Gasteiger charge is -2.29. The third-order valence-electron chi connectivity index (χ3n) is 5.45.